The van der Waals surface area contributed by atoms with Gasteiger partial charge in [0.25, 0.3) is 11.5 Å². The maximum Gasteiger partial charge on any atom is 0.270 e. The molecule has 0 amide bonds. The summed E-state index contributed by atoms with van der Waals surface area (Å²) in [6.07, 6.45) is 2.97. The largest absolute Gasteiger partial charge is 0.349 e. The van der Waals surface area contributed by atoms with Gasteiger partial charge in [-0.25, -0.2) is 18.4 Å². The highest BCUT2D eigenvalue weighted by atomic mass is 19.3. The van der Waals surface area contributed by atoms with E-state index in [1.165, 1.54) is 29.3 Å². The molecule has 3 heterocycles. The summed E-state index contributed by atoms with van der Waals surface area (Å²) < 4.78 is 29.9. The van der Waals surface area contributed by atoms with E-state index in [2.05, 4.69) is 10.1 Å². The standard InChI is InChI=1S/C20H19F2N5O2/c21-20(22)13-26(8-7-19(20)5-6-19)17-3-4-18(29)27(25-17)12-16(28)9-14-1-2-15(10-23)24-11-14/h1-4,11H,5-9,12-13H2. The van der Waals surface area contributed by atoms with Crippen molar-refractivity contribution in [1.82, 2.24) is 14.8 Å². The number of hydrogen-bond acceptors (Lipinski definition) is 6. The SMILES string of the molecule is N#Cc1ccc(CC(=O)Cn2nc(N3CCC4(CC4)C(F)(F)C3)ccc2=O)cn1. The number of nitrogens with zero attached hydrogens (tertiary/aromatic N) is 5. The van der Waals surface area contributed by atoms with E-state index in [1.54, 1.807) is 6.07 Å². The lowest BCUT2D eigenvalue weighted by atomic mass is 9.89. The Bertz CT molecular complexity index is 1040. The van der Waals surface area contributed by atoms with Crippen molar-refractivity contribution in [1.29, 1.82) is 5.26 Å². The molecular weight excluding hydrogens is 380 g/mol. The Morgan fingerprint density at radius 2 is 2.00 bits per heavy atom. The van der Waals surface area contributed by atoms with E-state index < -0.39 is 23.4 Å². The van der Waals surface area contributed by atoms with Crippen LogP contribution in [0.15, 0.2) is 35.3 Å². The van der Waals surface area contributed by atoms with Gasteiger partial charge in [-0.15, -0.1) is 0 Å². The van der Waals surface area contributed by atoms with Crippen LogP contribution in [0.5, 0.6) is 0 Å². The summed E-state index contributed by atoms with van der Waals surface area (Å²) in [4.78, 5) is 29.8. The van der Waals surface area contributed by atoms with Gasteiger partial charge in [-0.3, -0.25) is 9.59 Å². The van der Waals surface area contributed by atoms with Gasteiger partial charge in [0.15, 0.2) is 5.78 Å². The van der Waals surface area contributed by atoms with E-state index in [9.17, 15) is 18.4 Å². The molecule has 1 saturated heterocycles. The Kier molecular flexibility index (Phi) is 4.65. The molecule has 4 rings (SSSR count). The first kappa shape index (κ1) is 19.2. The van der Waals surface area contributed by atoms with Gasteiger partial charge in [-0.1, -0.05) is 6.07 Å². The molecule has 0 atom stereocenters. The van der Waals surface area contributed by atoms with Crippen LogP contribution in [0.2, 0.25) is 0 Å². The Balaban J connectivity index is 1.46. The summed E-state index contributed by atoms with van der Waals surface area (Å²) in [5, 5.41) is 12.9. The van der Waals surface area contributed by atoms with Crippen LogP contribution in [0.1, 0.15) is 30.5 Å². The van der Waals surface area contributed by atoms with E-state index in [0.717, 1.165) is 4.68 Å². The number of halogens is 2. The van der Waals surface area contributed by atoms with E-state index in [4.69, 9.17) is 5.26 Å². The van der Waals surface area contributed by atoms with E-state index in [0.29, 0.717) is 31.4 Å². The second kappa shape index (κ2) is 7.03. The summed E-state index contributed by atoms with van der Waals surface area (Å²) in [5.74, 6) is -2.79. The zero-order valence-electron chi connectivity index (χ0n) is 15.6. The number of alkyl halides is 2. The van der Waals surface area contributed by atoms with Crippen LogP contribution < -0.4 is 10.5 Å². The molecular formula is C20H19F2N5O2. The molecule has 0 unspecified atom stereocenters. The first-order valence-electron chi connectivity index (χ1n) is 9.40. The molecule has 2 aromatic heterocycles. The van der Waals surface area contributed by atoms with Crippen molar-refractivity contribution in [3.8, 4) is 6.07 Å². The Hall–Kier alpha value is -3.15. The fourth-order valence-electron chi connectivity index (χ4n) is 3.75. The molecule has 7 nitrogen and oxygen atoms in total. The Morgan fingerprint density at radius 1 is 1.21 bits per heavy atom. The van der Waals surface area contributed by atoms with Gasteiger partial charge in [0, 0.05) is 30.6 Å². The molecule has 1 aliphatic heterocycles. The minimum absolute atomic E-state index is 0.0291. The molecule has 0 aromatic carbocycles. The van der Waals surface area contributed by atoms with E-state index in [-0.39, 0.29) is 30.3 Å². The van der Waals surface area contributed by atoms with Gasteiger partial charge in [0.1, 0.15) is 24.1 Å². The molecule has 1 aliphatic carbocycles. The predicted molar refractivity (Wildman–Crippen MR) is 99.6 cm³/mol. The second-order valence-corrected chi connectivity index (χ2v) is 7.72. The van der Waals surface area contributed by atoms with Crippen LogP contribution in [0.25, 0.3) is 0 Å². The predicted octanol–water partition coefficient (Wildman–Crippen LogP) is 1.95. The fourth-order valence-corrected chi connectivity index (χ4v) is 3.75. The number of pyridine rings is 1. The lowest BCUT2D eigenvalue weighted by Crippen LogP contribution is -2.50. The van der Waals surface area contributed by atoms with Gasteiger partial charge >= 0.3 is 0 Å². The first-order chi connectivity index (χ1) is 13.8. The molecule has 2 aliphatic rings. The summed E-state index contributed by atoms with van der Waals surface area (Å²) >= 11 is 0. The molecule has 2 fully saturated rings. The number of Topliss-reactive ketones (excluding diaryl/α,β-unsaturated/α-hetero) is 1. The molecule has 0 bridgehead atoms. The van der Waals surface area contributed by atoms with Gasteiger partial charge in [0.2, 0.25) is 0 Å². The zero-order chi connectivity index (χ0) is 20.6. The van der Waals surface area contributed by atoms with Crippen LogP contribution >= 0.6 is 0 Å². The fraction of sp³-hybridized carbons (Fsp3) is 0.450. The average Bonchev–Trinajstić information content (AvgIpc) is 3.48. The maximum atomic E-state index is 14.4. The van der Waals surface area contributed by atoms with E-state index in [1.807, 2.05) is 6.07 Å². The number of hydrogen-bond donors (Lipinski definition) is 0. The molecule has 1 spiro atoms. The monoisotopic (exact) mass is 399 g/mol. The van der Waals surface area contributed by atoms with Crippen molar-refractivity contribution in [2.24, 2.45) is 5.41 Å². The van der Waals surface area contributed by atoms with Crippen molar-refractivity contribution >= 4 is 11.6 Å². The molecule has 2 aromatic rings. The number of rotatable bonds is 5. The molecule has 0 radical (unpaired) electrons. The van der Waals surface area contributed by atoms with Crippen LogP contribution in [0.3, 0.4) is 0 Å². The average molecular weight is 399 g/mol. The summed E-state index contributed by atoms with van der Waals surface area (Å²) in [6.45, 7) is -0.241. The summed E-state index contributed by atoms with van der Waals surface area (Å²) in [5.41, 5.74) is -0.465. The van der Waals surface area contributed by atoms with Crippen molar-refractivity contribution < 1.29 is 13.6 Å². The topological polar surface area (TPSA) is 91.9 Å². The smallest absolute Gasteiger partial charge is 0.270 e. The molecule has 150 valence electrons. The van der Waals surface area contributed by atoms with Gasteiger partial charge in [-0.05, 0) is 37.0 Å². The van der Waals surface area contributed by atoms with Crippen LogP contribution in [0.4, 0.5) is 14.6 Å². The van der Waals surface area contributed by atoms with E-state index >= 15 is 0 Å². The Morgan fingerprint density at radius 3 is 2.62 bits per heavy atom. The third-order valence-corrected chi connectivity index (χ3v) is 5.72. The maximum absolute atomic E-state index is 14.4. The molecule has 0 N–H and O–H groups in total. The zero-order valence-corrected chi connectivity index (χ0v) is 15.6. The van der Waals surface area contributed by atoms with Crippen molar-refractivity contribution in [2.45, 2.75) is 38.2 Å². The highest BCUT2D eigenvalue weighted by Crippen LogP contribution is 2.61. The van der Waals surface area contributed by atoms with Crippen molar-refractivity contribution in [3.63, 3.8) is 0 Å². The lowest BCUT2D eigenvalue weighted by molar-refractivity contribution is -0.119. The molecule has 1 saturated carbocycles. The van der Waals surface area contributed by atoms with Gasteiger partial charge in [-0.2, -0.15) is 10.4 Å². The van der Waals surface area contributed by atoms with Crippen molar-refractivity contribution in [2.75, 3.05) is 18.0 Å². The number of carbonyl (C=O) groups is 1. The van der Waals surface area contributed by atoms with Crippen molar-refractivity contribution in [3.05, 3.63) is 52.1 Å². The third-order valence-electron chi connectivity index (χ3n) is 5.72. The lowest BCUT2D eigenvalue weighted by Gasteiger charge is -2.39. The third kappa shape index (κ3) is 3.75. The number of piperidine rings is 1. The van der Waals surface area contributed by atoms with Crippen LogP contribution in [0, 0.1) is 16.7 Å². The highest BCUT2D eigenvalue weighted by molar-refractivity contribution is 5.80. The molecule has 29 heavy (non-hydrogen) atoms. The highest BCUT2D eigenvalue weighted by Gasteiger charge is 2.63. The number of nitriles is 1. The minimum Gasteiger partial charge on any atom is -0.349 e. The number of anilines is 1. The minimum atomic E-state index is -2.79. The van der Waals surface area contributed by atoms with Gasteiger partial charge < -0.3 is 4.90 Å². The van der Waals surface area contributed by atoms with Gasteiger partial charge in [0.05, 0.1) is 6.54 Å². The van der Waals surface area contributed by atoms with Crippen LogP contribution in [-0.2, 0) is 17.8 Å². The summed E-state index contributed by atoms with van der Waals surface area (Å²) in [6, 6.07) is 7.71. The molecule has 9 heteroatoms. The Labute approximate surface area is 165 Å². The normalized spacial score (nSPS) is 19.0. The first-order valence-corrected chi connectivity index (χ1v) is 9.40. The number of carbonyl (C=O) groups excluding carboxylic acids is 1. The summed E-state index contributed by atoms with van der Waals surface area (Å²) in [7, 11) is 0. The number of ketones is 1. The quantitative estimate of drug-likeness (QED) is 0.763. The second-order valence-electron chi connectivity index (χ2n) is 7.72. The number of aromatic nitrogens is 3. The van der Waals surface area contributed by atoms with Crippen LogP contribution in [-0.4, -0.2) is 39.6 Å².